The number of carbonyl (C=O) groups is 1. The minimum Gasteiger partial charge on any atom is -0.341 e. The van der Waals surface area contributed by atoms with Gasteiger partial charge in [0, 0.05) is 31.8 Å². The van der Waals surface area contributed by atoms with Gasteiger partial charge in [0.2, 0.25) is 5.91 Å². The largest absolute Gasteiger partial charge is 0.341 e. The summed E-state index contributed by atoms with van der Waals surface area (Å²) in [6, 6.07) is 5.97. The smallest absolute Gasteiger partial charge is 0.269 e. The number of hydrogen-bond acceptors (Lipinski definition) is 4. The van der Waals surface area contributed by atoms with Gasteiger partial charge in [0.05, 0.1) is 11.3 Å². The average Bonchev–Trinajstić information content (AvgIpc) is 2.37. The maximum atomic E-state index is 11.9. The molecule has 0 saturated carbocycles. The molecule has 18 heavy (non-hydrogen) atoms. The third-order valence-corrected chi connectivity index (χ3v) is 2.90. The predicted octanol–water partition coefficient (Wildman–Crippen LogP) is 0.943. The molecule has 1 rings (SSSR count). The van der Waals surface area contributed by atoms with Gasteiger partial charge in [-0.2, -0.15) is 0 Å². The van der Waals surface area contributed by atoms with Crippen LogP contribution in [0, 0.1) is 10.1 Å². The minimum atomic E-state index is -0.464. The second-order valence-corrected chi connectivity index (χ2v) is 4.19. The van der Waals surface area contributed by atoms with Gasteiger partial charge in [-0.15, -0.1) is 0 Å². The van der Waals surface area contributed by atoms with Gasteiger partial charge in [-0.1, -0.05) is 12.1 Å². The van der Waals surface area contributed by atoms with Crippen molar-refractivity contribution in [1.29, 1.82) is 0 Å². The molecule has 0 heterocycles. The number of rotatable bonds is 5. The normalized spacial score (nSPS) is 11.9. The molecule has 1 unspecified atom stereocenters. The highest BCUT2D eigenvalue weighted by Crippen LogP contribution is 2.13. The van der Waals surface area contributed by atoms with E-state index in [1.54, 1.807) is 24.1 Å². The highest BCUT2D eigenvalue weighted by atomic mass is 16.6. The minimum absolute atomic E-state index is 0.0180. The molecule has 0 radical (unpaired) electrons. The van der Waals surface area contributed by atoms with Crippen molar-refractivity contribution in [1.82, 2.24) is 4.90 Å². The zero-order chi connectivity index (χ0) is 13.7. The fourth-order valence-corrected chi connectivity index (χ4v) is 1.44. The third kappa shape index (κ3) is 3.53. The third-order valence-electron chi connectivity index (χ3n) is 2.90. The number of hydrogen-bond donors (Lipinski definition) is 1. The number of likely N-dealkylation sites (N-methyl/N-ethyl adjacent to an activating group) is 1. The summed E-state index contributed by atoms with van der Waals surface area (Å²) in [6.07, 6.45) is 0.221. The number of nitrogens with two attached hydrogens (primary N) is 1. The first-order valence-electron chi connectivity index (χ1n) is 5.64. The quantitative estimate of drug-likeness (QED) is 0.623. The van der Waals surface area contributed by atoms with Crippen LogP contribution in [0.15, 0.2) is 24.3 Å². The van der Waals surface area contributed by atoms with E-state index in [1.807, 2.05) is 6.92 Å². The van der Waals surface area contributed by atoms with Crippen LogP contribution in [0.2, 0.25) is 0 Å². The number of nitro benzene ring substituents is 1. The van der Waals surface area contributed by atoms with Crippen molar-refractivity contribution < 1.29 is 9.72 Å². The summed E-state index contributed by atoms with van der Waals surface area (Å²) < 4.78 is 0. The van der Waals surface area contributed by atoms with Crippen molar-refractivity contribution in [2.24, 2.45) is 5.73 Å². The SMILES string of the molecule is CC(CN)N(C)C(=O)Cc1ccc([N+](=O)[O-])cc1. The summed E-state index contributed by atoms with van der Waals surface area (Å²) in [5.74, 6) is -0.0539. The van der Waals surface area contributed by atoms with Crippen LogP contribution < -0.4 is 5.73 Å². The highest BCUT2D eigenvalue weighted by molar-refractivity contribution is 5.78. The van der Waals surface area contributed by atoms with Crippen molar-refractivity contribution in [3.8, 4) is 0 Å². The molecule has 6 nitrogen and oxygen atoms in total. The highest BCUT2D eigenvalue weighted by Gasteiger charge is 2.15. The van der Waals surface area contributed by atoms with Crippen LogP contribution in [0.1, 0.15) is 12.5 Å². The molecule has 2 N–H and O–H groups in total. The van der Waals surface area contributed by atoms with Crippen LogP contribution in [0.25, 0.3) is 0 Å². The fourth-order valence-electron chi connectivity index (χ4n) is 1.44. The lowest BCUT2D eigenvalue weighted by molar-refractivity contribution is -0.384. The van der Waals surface area contributed by atoms with Crippen LogP contribution in [0.4, 0.5) is 5.69 Å². The molecule has 6 heteroatoms. The number of non-ortho nitro benzene ring substituents is 1. The first-order chi connectivity index (χ1) is 8.45. The molecule has 0 spiro atoms. The van der Waals surface area contributed by atoms with Gasteiger partial charge in [0.1, 0.15) is 0 Å². The van der Waals surface area contributed by atoms with Crippen LogP contribution in [0.5, 0.6) is 0 Å². The van der Waals surface area contributed by atoms with Gasteiger partial charge >= 0.3 is 0 Å². The Labute approximate surface area is 106 Å². The summed E-state index contributed by atoms with van der Waals surface area (Å²) >= 11 is 0. The molecular weight excluding hydrogens is 234 g/mol. The molecule has 1 amide bonds. The first-order valence-corrected chi connectivity index (χ1v) is 5.64. The van der Waals surface area contributed by atoms with E-state index in [1.165, 1.54) is 12.1 Å². The summed E-state index contributed by atoms with van der Waals surface area (Å²) in [7, 11) is 1.70. The van der Waals surface area contributed by atoms with Gasteiger partial charge < -0.3 is 10.6 Å². The van der Waals surface area contributed by atoms with Crippen LogP contribution >= 0.6 is 0 Å². The van der Waals surface area contributed by atoms with E-state index < -0.39 is 4.92 Å². The van der Waals surface area contributed by atoms with E-state index in [2.05, 4.69) is 0 Å². The Balaban J connectivity index is 2.67. The van der Waals surface area contributed by atoms with Gasteiger partial charge in [0.25, 0.3) is 5.69 Å². The molecular formula is C12H17N3O3. The van der Waals surface area contributed by atoms with Crippen molar-refractivity contribution in [3.05, 3.63) is 39.9 Å². The van der Waals surface area contributed by atoms with Gasteiger partial charge in [-0.25, -0.2) is 0 Å². The molecule has 0 aliphatic heterocycles. The Morgan fingerprint density at radius 3 is 2.44 bits per heavy atom. The lowest BCUT2D eigenvalue weighted by atomic mass is 10.1. The zero-order valence-corrected chi connectivity index (χ0v) is 10.5. The number of amides is 1. The molecule has 0 aliphatic rings. The van der Waals surface area contributed by atoms with Gasteiger partial charge in [-0.3, -0.25) is 14.9 Å². The van der Waals surface area contributed by atoms with Crippen molar-refractivity contribution >= 4 is 11.6 Å². The second-order valence-electron chi connectivity index (χ2n) is 4.19. The summed E-state index contributed by atoms with van der Waals surface area (Å²) in [4.78, 5) is 23.5. The monoisotopic (exact) mass is 251 g/mol. The van der Waals surface area contributed by atoms with Crippen molar-refractivity contribution in [2.45, 2.75) is 19.4 Å². The lowest BCUT2D eigenvalue weighted by Gasteiger charge is -2.23. The number of benzene rings is 1. The molecule has 0 saturated heterocycles. The summed E-state index contributed by atoms with van der Waals surface area (Å²) in [6.45, 7) is 2.27. The van der Waals surface area contributed by atoms with Crippen LogP contribution in [0.3, 0.4) is 0 Å². The Hall–Kier alpha value is -1.95. The Bertz CT molecular complexity index is 431. The van der Waals surface area contributed by atoms with E-state index in [0.29, 0.717) is 6.54 Å². The zero-order valence-electron chi connectivity index (χ0n) is 10.5. The standard InChI is InChI=1S/C12H17N3O3/c1-9(8-13)14(2)12(16)7-10-3-5-11(6-4-10)15(17)18/h3-6,9H,7-8,13H2,1-2H3. The molecule has 1 atom stereocenters. The second kappa shape index (κ2) is 6.11. The molecule has 1 aromatic rings. The molecule has 0 fully saturated rings. The van der Waals surface area contributed by atoms with E-state index in [-0.39, 0.29) is 24.1 Å². The van der Waals surface area contributed by atoms with E-state index in [4.69, 9.17) is 5.73 Å². The van der Waals surface area contributed by atoms with E-state index in [0.717, 1.165) is 5.56 Å². The number of nitro groups is 1. The van der Waals surface area contributed by atoms with E-state index >= 15 is 0 Å². The Morgan fingerprint density at radius 1 is 1.44 bits per heavy atom. The van der Waals surface area contributed by atoms with Crippen molar-refractivity contribution in [3.63, 3.8) is 0 Å². The van der Waals surface area contributed by atoms with Crippen LogP contribution in [-0.2, 0) is 11.2 Å². The Morgan fingerprint density at radius 2 is 2.00 bits per heavy atom. The fraction of sp³-hybridized carbons (Fsp3) is 0.417. The van der Waals surface area contributed by atoms with E-state index in [9.17, 15) is 14.9 Å². The molecule has 0 aliphatic carbocycles. The molecule has 98 valence electrons. The summed E-state index contributed by atoms with van der Waals surface area (Å²) in [5.41, 5.74) is 6.26. The number of carbonyl (C=O) groups excluding carboxylic acids is 1. The Kier molecular flexibility index (Phi) is 4.79. The predicted molar refractivity (Wildman–Crippen MR) is 68.1 cm³/mol. The van der Waals surface area contributed by atoms with Crippen LogP contribution in [-0.4, -0.2) is 35.4 Å². The summed E-state index contributed by atoms with van der Waals surface area (Å²) in [5, 5.41) is 10.5. The molecule has 1 aromatic carbocycles. The maximum Gasteiger partial charge on any atom is 0.269 e. The number of nitrogens with zero attached hydrogens (tertiary/aromatic N) is 2. The maximum absolute atomic E-state index is 11.9. The first kappa shape index (κ1) is 14.1. The molecule has 0 bridgehead atoms. The van der Waals surface area contributed by atoms with Crippen molar-refractivity contribution in [2.75, 3.05) is 13.6 Å². The average molecular weight is 251 g/mol. The topological polar surface area (TPSA) is 89.5 Å². The van der Waals surface area contributed by atoms with Gasteiger partial charge in [-0.05, 0) is 12.5 Å². The van der Waals surface area contributed by atoms with Gasteiger partial charge in [0.15, 0.2) is 0 Å². The molecule has 0 aromatic heterocycles. The lowest BCUT2D eigenvalue weighted by Crippen LogP contribution is -2.40.